The lowest BCUT2D eigenvalue weighted by Gasteiger charge is -2.09. The largest absolute Gasteiger partial charge is 0.369 e. The van der Waals surface area contributed by atoms with Gasteiger partial charge in [-0.1, -0.05) is 0 Å². The number of hydrogen-bond acceptors (Lipinski definition) is 5. The van der Waals surface area contributed by atoms with Crippen LogP contribution in [-0.4, -0.2) is 28.5 Å². The van der Waals surface area contributed by atoms with Gasteiger partial charge in [-0.2, -0.15) is 0 Å². The van der Waals surface area contributed by atoms with E-state index in [1.54, 1.807) is 11.3 Å². The van der Waals surface area contributed by atoms with E-state index in [2.05, 4.69) is 20.6 Å². The molecule has 2 rings (SSSR count). The summed E-state index contributed by atoms with van der Waals surface area (Å²) < 4.78 is 0. The molecule has 2 aromatic rings. The van der Waals surface area contributed by atoms with Gasteiger partial charge in [0.2, 0.25) is 11.2 Å². The van der Waals surface area contributed by atoms with Crippen molar-refractivity contribution in [3.63, 3.8) is 0 Å². The van der Waals surface area contributed by atoms with Gasteiger partial charge < -0.3 is 10.6 Å². The van der Waals surface area contributed by atoms with Gasteiger partial charge in [0.1, 0.15) is 10.6 Å². The van der Waals surface area contributed by atoms with Crippen molar-refractivity contribution in [3.05, 3.63) is 16.2 Å². The number of fused-ring (bicyclic) bond motifs is 1. The summed E-state index contributed by atoms with van der Waals surface area (Å²) in [6.45, 7) is 6.40. The zero-order chi connectivity index (χ0) is 14.7. The fourth-order valence-corrected chi connectivity index (χ4v) is 2.94. The average molecular weight is 313 g/mol. The summed E-state index contributed by atoms with van der Waals surface area (Å²) in [5, 5.41) is 7.16. The summed E-state index contributed by atoms with van der Waals surface area (Å²) in [7, 11) is 0. The number of carbonyl (C=O) groups is 1. The highest BCUT2D eigenvalue weighted by Gasteiger charge is 2.10. The monoisotopic (exact) mass is 312 g/mol. The second-order valence-corrected chi connectivity index (χ2v) is 6.39. The minimum atomic E-state index is 0.0189. The molecule has 0 saturated heterocycles. The molecular formula is C13H17ClN4OS. The standard InChI is InChI=1S/C13H17ClN4OS/c1-7(2)16-10(19)4-5-15-11-9-6-8(3)20-12(9)18-13(14)17-11/h6-7H,4-5H2,1-3H3,(H,16,19)(H,15,17,18). The molecule has 0 aliphatic rings. The lowest BCUT2D eigenvalue weighted by molar-refractivity contribution is -0.121. The zero-order valence-electron chi connectivity index (χ0n) is 11.7. The van der Waals surface area contributed by atoms with E-state index in [-0.39, 0.29) is 17.2 Å². The number of aryl methyl sites for hydroxylation is 1. The molecule has 2 heterocycles. The topological polar surface area (TPSA) is 66.9 Å². The van der Waals surface area contributed by atoms with Gasteiger partial charge in [0.15, 0.2) is 0 Å². The van der Waals surface area contributed by atoms with Crippen LogP contribution in [0.15, 0.2) is 6.07 Å². The molecule has 0 aromatic carbocycles. The molecule has 7 heteroatoms. The highest BCUT2D eigenvalue weighted by atomic mass is 35.5. The number of nitrogens with zero attached hydrogens (tertiary/aromatic N) is 2. The molecule has 0 spiro atoms. The molecule has 0 atom stereocenters. The fourth-order valence-electron chi connectivity index (χ4n) is 1.84. The maximum Gasteiger partial charge on any atom is 0.225 e. The number of amides is 1. The van der Waals surface area contributed by atoms with Crippen molar-refractivity contribution < 1.29 is 4.79 Å². The molecule has 0 radical (unpaired) electrons. The maximum absolute atomic E-state index is 11.6. The normalized spacial score (nSPS) is 11.1. The van der Waals surface area contributed by atoms with Gasteiger partial charge in [0.05, 0.1) is 5.39 Å². The highest BCUT2D eigenvalue weighted by molar-refractivity contribution is 7.18. The molecule has 108 valence electrons. The molecule has 1 amide bonds. The second-order valence-electron chi connectivity index (χ2n) is 4.82. The molecule has 0 bridgehead atoms. The number of aromatic nitrogens is 2. The Bertz CT molecular complexity index is 626. The van der Waals surface area contributed by atoms with Crippen molar-refractivity contribution in [2.24, 2.45) is 0 Å². The van der Waals surface area contributed by atoms with E-state index < -0.39 is 0 Å². The lowest BCUT2D eigenvalue weighted by atomic mass is 10.3. The van der Waals surface area contributed by atoms with Gasteiger partial charge in [0.25, 0.3) is 0 Å². The van der Waals surface area contributed by atoms with Gasteiger partial charge in [-0.3, -0.25) is 4.79 Å². The number of rotatable bonds is 5. The molecule has 2 N–H and O–H groups in total. The Morgan fingerprint density at radius 3 is 2.90 bits per heavy atom. The smallest absolute Gasteiger partial charge is 0.225 e. The minimum Gasteiger partial charge on any atom is -0.369 e. The second kappa shape index (κ2) is 6.37. The van der Waals surface area contributed by atoms with Crippen LogP contribution < -0.4 is 10.6 Å². The number of nitrogens with one attached hydrogen (secondary N) is 2. The summed E-state index contributed by atoms with van der Waals surface area (Å²) in [5.41, 5.74) is 0. The SMILES string of the molecule is Cc1cc2c(NCCC(=O)NC(C)C)nc(Cl)nc2s1. The van der Waals surface area contributed by atoms with Crippen LogP contribution in [0.3, 0.4) is 0 Å². The van der Waals surface area contributed by atoms with Crippen LogP contribution in [0.2, 0.25) is 5.28 Å². The van der Waals surface area contributed by atoms with E-state index >= 15 is 0 Å². The third-order valence-corrected chi connectivity index (χ3v) is 3.70. The molecule has 0 saturated carbocycles. The first-order chi connectivity index (χ1) is 9.45. The van der Waals surface area contributed by atoms with E-state index in [4.69, 9.17) is 11.6 Å². The van der Waals surface area contributed by atoms with Gasteiger partial charge in [-0.25, -0.2) is 9.97 Å². The Morgan fingerprint density at radius 2 is 2.20 bits per heavy atom. The Morgan fingerprint density at radius 1 is 1.45 bits per heavy atom. The van der Waals surface area contributed by atoms with E-state index in [1.807, 2.05) is 26.8 Å². The number of carbonyl (C=O) groups excluding carboxylic acids is 1. The third-order valence-electron chi connectivity index (χ3n) is 2.58. The summed E-state index contributed by atoms with van der Waals surface area (Å²) >= 11 is 7.48. The van der Waals surface area contributed by atoms with E-state index in [1.165, 1.54) is 0 Å². The van der Waals surface area contributed by atoms with Crippen LogP contribution in [0.25, 0.3) is 10.2 Å². The number of anilines is 1. The Hall–Kier alpha value is -1.40. The number of thiophene rings is 1. The van der Waals surface area contributed by atoms with Crippen molar-refractivity contribution in [2.75, 3.05) is 11.9 Å². The first-order valence-electron chi connectivity index (χ1n) is 6.42. The van der Waals surface area contributed by atoms with Gasteiger partial charge >= 0.3 is 0 Å². The fraction of sp³-hybridized carbons (Fsp3) is 0.462. The van der Waals surface area contributed by atoms with Crippen LogP contribution in [0, 0.1) is 6.92 Å². The molecule has 0 aliphatic heterocycles. The molecular weight excluding hydrogens is 296 g/mol. The summed E-state index contributed by atoms with van der Waals surface area (Å²) in [6, 6.07) is 2.18. The van der Waals surface area contributed by atoms with Crippen LogP contribution >= 0.6 is 22.9 Å². The van der Waals surface area contributed by atoms with Crippen molar-refractivity contribution in [3.8, 4) is 0 Å². The Labute approximate surface area is 126 Å². The van der Waals surface area contributed by atoms with Crippen LogP contribution in [0.1, 0.15) is 25.1 Å². The predicted molar refractivity (Wildman–Crippen MR) is 83.5 cm³/mol. The highest BCUT2D eigenvalue weighted by Crippen LogP contribution is 2.29. The maximum atomic E-state index is 11.6. The van der Waals surface area contributed by atoms with E-state index in [9.17, 15) is 4.79 Å². The zero-order valence-corrected chi connectivity index (χ0v) is 13.2. The predicted octanol–water partition coefficient (Wildman–Crippen LogP) is 2.98. The van der Waals surface area contributed by atoms with Crippen LogP contribution in [0.4, 0.5) is 5.82 Å². The average Bonchev–Trinajstić information content (AvgIpc) is 2.68. The molecule has 5 nitrogen and oxygen atoms in total. The van der Waals surface area contributed by atoms with Crippen molar-refractivity contribution in [1.29, 1.82) is 0 Å². The van der Waals surface area contributed by atoms with Crippen molar-refractivity contribution in [2.45, 2.75) is 33.2 Å². The quantitative estimate of drug-likeness (QED) is 0.833. The van der Waals surface area contributed by atoms with Crippen molar-refractivity contribution >= 4 is 44.9 Å². The van der Waals surface area contributed by atoms with Crippen LogP contribution in [0.5, 0.6) is 0 Å². The summed E-state index contributed by atoms with van der Waals surface area (Å²) in [6.07, 6.45) is 0.393. The lowest BCUT2D eigenvalue weighted by Crippen LogP contribution is -2.31. The summed E-state index contributed by atoms with van der Waals surface area (Å²) in [4.78, 5) is 22.0. The van der Waals surface area contributed by atoms with Gasteiger partial charge in [-0.05, 0) is 38.4 Å². The first kappa shape index (κ1) is 15.0. The molecule has 0 unspecified atom stereocenters. The van der Waals surface area contributed by atoms with E-state index in [0.717, 1.165) is 15.1 Å². The van der Waals surface area contributed by atoms with Gasteiger partial charge in [-0.15, -0.1) is 11.3 Å². The van der Waals surface area contributed by atoms with Gasteiger partial charge in [0, 0.05) is 23.9 Å². The molecule has 2 aromatic heterocycles. The summed E-state index contributed by atoms with van der Waals surface area (Å²) in [5.74, 6) is 0.701. The Balaban J connectivity index is 2.04. The number of halogens is 1. The Kier molecular flexibility index (Phi) is 4.77. The van der Waals surface area contributed by atoms with E-state index in [0.29, 0.717) is 18.8 Å². The van der Waals surface area contributed by atoms with Crippen molar-refractivity contribution in [1.82, 2.24) is 15.3 Å². The minimum absolute atomic E-state index is 0.0189. The third kappa shape index (κ3) is 3.80. The molecule has 20 heavy (non-hydrogen) atoms. The first-order valence-corrected chi connectivity index (χ1v) is 7.62. The van der Waals surface area contributed by atoms with Crippen LogP contribution in [-0.2, 0) is 4.79 Å². The molecule has 0 fully saturated rings. The number of hydrogen-bond donors (Lipinski definition) is 2. The molecule has 0 aliphatic carbocycles.